The number of rotatable bonds is 4. The van der Waals surface area contributed by atoms with E-state index >= 15 is 0 Å². The van der Waals surface area contributed by atoms with Crippen LogP contribution in [0.25, 0.3) is 11.0 Å². The molecule has 5 rings (SSSR count). The standard InChI is InChI=1S/C23H16BrNO5/c1-28-15-7-4-13(5-8-15)20-19-21(26)17-11-14(24)6-9-18(17)30-22(19)23(27)25(20)12-16-3-2-10-29-16/h2-11,20H,12H2,1H3. The van der Waals surface area contributed by atoms with Crippen molar-refractivity contribution in [1.29, 1.82) is 0 Å². The van der Waals surface area contributed by atoms with E-state index in [2.05, 4.69) is 15.9 Å². The van der Waals surface area contributed by atoms with Gasteiger partial charge >= 0.3 is 0 Å². The van der Waals surface area contributed by atoms with Crippen LogP contribution in [-0.2, 0) is 6.54 Å². The third-order valence-corrected chi connectivity index (χ3v) is 5.76. The van der Waals surface area contributed by atoms with Crippen LogP contribution in [0.1, 0.15) is 33.5 Å². The number of amides is 1. The van der Waals surface area contributed by atoms with Crippen LogP contribution in [0.3, 0.4) is 0 Å². The van der Waals surface area contributed by atoms with Gasteiger partial charge in [0.15, 0.2) is 5.43 Å². The molecule has 0 N–H and O–H groups in total. The number of hydrogen-bond acceptors (Lipinski definition) is 5. The number of methoxy groups -OCH3 is 1. The summed E-state index contributed by atoms with van der Waals surface area (Å²) in [7, 11) is 1.59. The van der Waals surface area contributed by atoms with Gasteiger partial charge in [0.1, 0.15) is 17.1 Å². The van der Waals surface area contributed by atoms with E-state index in [1.807, 2.05) is 24.3 Å². The number of ether oxygens (including phenoxy) is 1. The highest BCUT2D eigenvalue weighted by atomic mass is 79.9. The van der Waals surface area contributed by atoms with E-state index in [-0.39, 0.29) is 23.6 Å². The van der Waals surface area contributed by atoms with Crippen LogP contribution in [0.2, 0.25) is 0 Å². The van der Waals surface area contributed by atoms with Crippen molar-refractivity contribution in [2.75, 3.05) is 7.11 Å². The van der Waals surface area contributed by atoms with Gasteiger partial charge in [-0.05, 0) is 48.0 Å². The minimum atomic E-state index is -0.594. The first-order chi connectivity index (χ1) is 14.6. The Hall–Kier alpha value is -3.32. The van der Waals surface area contributed by atoms with E-state index in [1.54, 1.807) is 48.6 Å². The fraction of sp³-hybridized carbons (Fsp3) is 0.130. The number of nitrogens with zero attached hydrogens (tertiary/aromatic N) is 1. The summed E-state index contributed by atoms with van der Waals surface area (Å²) in [6.07, 6.45) is 1.56. The normalized spacial score (nSPS) is 15.6. The highest BCUT2D eigenvalue weighted by molar-refractivity contribution is 9.10. The summed E-state index contributed by atoms with van der Waals surface area (Å²) in [5, 5.41) is 0.425. The molecule has 0 fully saturated rings. The van der Waals surface area contributed by atoms with Gasteiger partial charge in [0.05, 0.1) is 36.9 Å². The molecule has 7 heteroatoms. The second-order valence-corrected chi connectivity index (χ2v) is 7.92. The molecule has 1 aliphatic rings. The van der Waals surface area contributed by atoms with Crippen molar-refractivity contribution in [3.05, 3.63) is 98.2 Å². The molecule has 2 aromatic heterocycles. The Morgan fingerprint density at radius 2 is 1.90 bits per heavy atom. The van der Waals surface area contributed by atoms with E-state index in [0.29, 0.717) is 28.0 Å². The van der Waals surface area contributed by atoms with Crippen LogP contribution in [-0.4, -0.2) is 17.9 Å². The fourth-order valence-corrected chi connectivity index (χ4v) is 4.22. The molecule has 1 atom stereocenters. The molecule has 1 unspecified atom stereocenters. The number of benzene rings is 2. The first-order valence-corrected chi connectivity index (χ1v) is 10.1. The van der Waals surface area contributed by atoms with Crippen molar-refractivity contribution in [1.82, 2.24) is 4.90 Å². The van der Waals surface area contributed by atoms with Gasteiger partial charge in [0.25, 0.3) is 5.91 Å². The summed E-state index contributed by atoms with van der Waals surface area (Å²) in [6, 6.07) is 15.5. The summed E-state index contributed by atoms with van der Waals surface area (Å²) in [4.78, 5) is 28.4. The second kappa shape index (κ2) is 7.18. The highest BCUT2D eigenvalue weighted by Crippen LogP contribution is 2.39. The summed E-state index contributed by atoms with van der Waals surface area (Å²) in [6.45, 7) is 0.214. The van der Waals surface area contributed by atoms with E-state index in [9.17, 15) is 9.59 Å². The van der Waals surface area contributed by atoms with Crippen LogP contribution in [0, 0.1) is 0 Å². The van der Waals surface area contributed by atoms with Crippen molar-refractivity contribution in [3.63, 3.8) is 0 Å². The predicted octanol–water partition coefficient (Wildman–Crippen LogP) is 4.90. The van der Waals surface area contributed by atoms with Crippen molar-refractivity contribution >= 4 is 32.8 Å². The van der Waals surface area contributed by atoms with Crippen LogP contribution in [0.4, 0.5) is 0 Å². The predicted molar refractivity (Wildman–Crippen MR) is 114 cm³/mol. The van der Waals surface area contributed by atoms with E-state index in [4.69, 9.17) is 13.6 Å². The molecule has 150 valence electrons. The van der Waals surface area contributed by atoms with Gasteiger partial charge in [-0.3, -0.25) is 9.59 Å². The van der Waals surface area contributed by atoms with Gasteiger partial charge in [-0.25, -0.2) is 0 Å². The third kappa shape index (κ3) is 2.93. The molecule has 0 aliphatic carbocycles. The van der Waals surface area contributed by atoms with E-state index in [0.717, 1.165) is 10.0 Å². The summed E-state index contributed by atoms with van der Waals surface area (Å²) >= 11 is 3.40. The lowest BCUT2D eigenvalue weighted by Crippen LogP contribution is -2.29. The average molecular weight is 466 g/mol. The molecule has 30 heavy (non-hydrogen) atoms. The molecule has 0 bridgehead atoms. The lowest BCUT2D eigenvalue weighted by atomic mass is 9.98. The molecular formula is C23H16BrNO5. The summed E-state index contributed by atoms with van der Waals surface area (Å²) in [5.41, 5.74) is 1.28. The minimum absolute atomic E-state index is 0.0715. The molecule has 6 nitrogen and oxygen atoms in total. The fourth-order valence-electron chi connectivity index (χ4n) is 3.86. The van der Waals surface area contributed by atoms with Crippen molar-refractivity contribution < 1.29 is 18.4 Å². The Kier molecular flexibility index (Phi) is 4.47. The monoisotopic (exact) mass is 465 g/mol. The number of halogens is 1. The largest absolute Gasteiger partial charge is 0.497 e. The van der Waals surface area contributed by atoms with Crippen LogP contribution in [0.15, 0.2) is 79.0 Å². The Morgan fingerprint density at radius 1 is 1.10 bits per heavy atom. The number of carbonyl (C=O) groups excluding carboxylic acids is 1. The van der Waals surface area contributed by atoms with Crippen LogP contribution < -0.4 is 10.2 Å². The second-order valence-electron chi connectivity index (χ2n) is 7.00. The van der Waals surface area contributed by atoms with Gasteiger partial charge in [0.2, 0.25) is 5.76 Å². The van der Waals surface area contributed by atoms with Crippen LogP contribution >= 0.6 is 15.9 Å². The first-order valence-electron chi connectivity index (χ1n) is 9.30. The Bertz CT molecular complexity index is 1310. The zero-order valence-corrected chi connectivity index (χ0v) is 17.5. The molecule has 1 aliphatic heterocycles. The SMILES string of the molecule is COc1ccc(C2c3c(oc4ccc(Br)cc4c3=O)C(=O)N2Cc2ccco2)cc1. The van der Waals surface area contributed by atoms with Crippen molar-refractivity contribution in [2.45, 2.75) is 12.6 Å². The Morgan fingerprint density at radius 3 is 2.60 bits per heavy atom. The molecule has 4 aromatic rings. The molecule has 0 saturated heterocycles. The quantitative estimate of drug-likeness (QED) is 0.428. The lowest BCUT2D eigenvalue weighted by Gasteiger charge is -2.24. The Balaban J connectivity index is 1.73. The molecule has 0 radical (unpaired) electrons. The number of carbonyl (C=O) groups is 1. The minimum Gasteiger partial charge on any atom is -0.497 e. The number of fused-ring (bicyclic) bond motifs is 2. The molecule has 0 spiro atoms. The molecular weight excluding hydrogens is 450 g/mol. The zero-order valence-electron chi connectivity index (χ0n) is 15.9. The van der Waals surface area contributed by atoms with E-state index in [1.165, 1.54) is 0 Å². The summed E-state index contributed by atoms with van der Waals surface area (Å²) < 4.78 is 17.4. The maximum absolute atomic E-state index is 13.5. The topological polar surface area (TPSA) is 72.9 Å². The molecule has 1 amide bonds. The number of furan rings is 1. The summed E-state index contributed by atoms with van der Waals surface area (Å²) in [5.74, 6) is 1.04. The van der Waals surface area contributed by atoms with Gasteiger partial charge in [0, 0.05) is 4.47 Å². The molecule has 0 saturated carbocycles. The molecule has 2 aromatic carbocycles. The molecule has 3 heterocycles. The average Bonchev–Trinajstić information content (AvgIpc) is 3.37. The van der Waals surface area contributed by atoms with Gasteiger partial charge < -0.3 is 18.5 Å². The van der Waals surface area contributed by atoms with Crippen LogP contribution in [0.5, 0.6) is 5.75 Å². The highest BCUT2D eigenvalue weighted by Gasteiger charge is 2.43. The lowest BCUT2D eigenvalue weighted by molar-refractivity contribution is 0.0701. The van der Waals surface area contributed by atoms with Gasteiger partial charge in [-0.15, -0.1) is 0 Å². The number of hydrogen-bond donors (Lipinski definition) is 0. The first kappa shape index (κ1) is 18.7. The van der Waals surface area contributed by atoms with Gasteiger partial charge in [-0.2, -0.15) is 0 Å². The van der Waals surface area contributed by atoms with Crippen molar-refractivity contribution in [2.24, 2.45) is 0 Å². The van der Waals surface area contributed by atoms with E-state index < -0.39 is 6.04 Å². The Labute approximate surface area is 179 Å². The third-order valence-electron chi connectivity index (χ3n) is 5.27. The maximum Gasteiger partial charge on any atom is 0.291 e. The van der Waals surface area contributed by atoms with Crippen molar-refractivity contribution in [3.8, 4) is 5.75 Å². The zero-order chi connectivity index (χ0) is 20.8. The maximum atomic E-state index is 13.5. The smallest absolute Gasteiger partial charge is 0.291 e. The van der Waals surface area contributed by atoms with Gasteiger partial charge in [-0.1, -0.05) is 28.1 Å².